The third kappa shape index (κ3) is 8.12. The zero-order valence-corrected chi connectivity index (χ0v) is 38.5. The largest absolute Gasteiger partial charge is 0.393 e. The summed E-state index contributed by atoms with van der Waals surface area (Å²) in [4.78, 5) is 32.1. The Labute approximate surface area is 371 Å². The fraction of sp³-hybridized carbons (Fsp3) is 0.460. The molecule has 5 heterocycles. The Balaban J connectivity index is 1.11. The number of aliphatic hydroxyl groups excluding tert-OH is 1. The summed E-state index contributed by atoms with van der Waals surface area (Å²) in [5.41, 5.74) is 2.92. The van der Waals surface area contributed by atoms with Gasteiger partial charge in [-0.2, -0.15) is 0 Å². The number of benzene rings is 3. The van der Waals surface area contributed by atoms with Crippen molar-refractivity contribution in [2.75, 3.05) is 44.2 Å². The van der Waals surface area contributed by atoms with Gasteiger partial charge in [0.1, 0.15) is 5.52 Å². The number of nitrogens with zero attached hydrogens (tertiary/aromatic N) is 7. The Morgan fingerprint density at radius 2 is 1.57 bits per heavy atom. The molecule has 2 aliphatic heterocycles. The summed E-state index contributed by atoms with van der Waals surface area (Å²) < 4.78 is 37.5. The van der Waals surface area contributed by atoms with E-state index in [0.29, 0.717) is 51.5 Å². The molecule has 3 aromatic heterocycles. The molecule has 0 radical (unpaired) electrons. The van der Waals surface area contributed by atoms with Crippen molar-refractivity contribution in [3.8, 4) is 11.1 Å². The summed E-state index contributed by atoms with van der Waals surface area (Å²) in [6.07, 6.45) is 7.02. The van der Waals surface area contributed by atoms with Gasteiger partial charge in [0, 0.05) is 86.1 Å². The summed E-state index contributed by atoms with van der Waals surface area (Å²) in [7, 11) is -2.45. The molecule has 3 atom stereocenters. The molecule has 1 saturated carbocycles. The number of aryl methyl sites for hydroxylation is 2. The SMILES string of the molecule is Cc1ccc(S(=O)(=O)n2ccc3c(-c4ccc5nc(N6CCC(CN7C[C@@H](C)N(C(C)(C)C)C[C@@H]7C)CC6)nc([C@@](CO)(OC6CC6)c6ccccc6)c5c4)cn(C)c(=O)c32)cc1. The lowest BCUT2D eigenvalue weighted by atomic mass is 9.87. The van der Waals surface area contributed by atoms with Crippen LogP contribution in [0.5, 0.6) is 0 Å². The fourth-order valence-corrected chi connectivity index (χ4v) is 11.3. The Hall–Kier alpha value is -4.92. The van der Waals surface area contributed by atoms with Crippen molar-refractivity contribution >= 4 is 37.8 Å². The van der Waals surface area contributed by atoms with Gasteiger partial charge < -0.3 is 19.3 Å². The molecule has 0 unspecified atom stereocenters. The minimum Gasteiger partial charge on any atom is -0.393 e. The number of piperazine rings is 1. The number of piperidine rings is 1. The molecular formula is C50H61N7O5S. The second-order valence-electron chi connectivity index (χ2n) is 19.3. The summed E-state index contributed by atoms with van der Waals surface area (Å²) in [5.74, 6) is 1.18. The predicted molar refractivity (Wildman–Crippen MR) is 250 cm³/mol. The fourth-order valence-electron chi connectivity index (χ4n) is 9.99. The van der Waals surface area contributed by atoms with E-state index in [1.54, 1.807) is 43.6 Å². The minimum absolute atomic E-state index is 0.0290. The Kier molecular flexibility index (Phi) is 11.4. The van der Waals surface area contributed by atoms with Crippen LogP contribution in [0.15, 0.2) is 101 Å². The standard InChI is InChI=1S/C50H61N7O5S/c1-33-13-18-40(19-14-33)63(60,61)57-26-23-41-43(31-53(7)47(59)45(41)57)37-15-20-44-42(27-37)46(50(32-58,62-39-16-17-39)38-11-9-8-10-12-38)52-48(51-44)54-24-21-36(22-25-54)30-55-28-35(3)56(29-34(55)2)49(4,5)6/h8-15,18-20,23,26-27,31,34-36,39,58H,16-17,21-22,24-25,28-30,32H2,1-7H3/t34-,35+,50-/m0/s1. The van der Waals surface area contributed by atoms with Crippen molar-refractivity contribution in [2.45, 2.75) is 101 Å². The van der Waals surface area contributed by atoms with Gasteiger partial charge in [-0.05, 0) is 115 Å². The highest BCUT2D eigenvalue weighted by Gasteiger charge is 2.44. The quantitative estimate of drug-likeness (QED) is 0.142. The number of fused-ring (bicyclic) bond motifs is 2. The van der Waals surface area contributed by atoms with Gasteiger partial charge >= 0.3 is 0 Å². The van der Waals surface area contributed by atoms with Gasteiger partial charge in [-0.3, -0.25) is 14.6 Å². The first-order chi connectivity index (χ1) is 30.1. The molecule has 2 saturated heterocycles. The Bertz CT molecular complexity index is 2810. The first-order valence-electron chi connectivity index (χ1n) is 22.5. The molecule has 0 spiro atoms. The smallest absolute Gasteiger partial charge is 0.275 e. The topological polar surface area (TPSA) is 126 Å². The second-order valence-corrected chi connectivity index (χ2v) is 21.1. The van der Waals surface area contributed by atoms with Gasteiger partial charge in [0.15, 0.2) is 5.60 Å². The number of hydrogen-bond donors (Lipinski definition) is 1. The monoisotopic (exact) mass is 871 g/mol. The maximum atomic E-state index is 14.0. The van der Waals surface area contributed by atoms with Crippen LogP contribution in [0.25, 0.3) is 32.9 Å². The average Bonchev–Trinajstić information content (AvgIpc) is 3.97. The molecule has 3 fully saturated rings. The van der Waals surface area contributed by atoms with E-state index in [2.05, 4.69) is 49.3 Å². The van der Waals surface area contributed by atoms with Gasteiger partial charge in [0.2, 0.25) is 5.95 Å². The molecule has 0 amide bonds. The highest BCUT2D eigenvalue weighted by atomic mass is 32.2. The summed E-state index contributed by atoms with van der Waals surface area (Å²) in [5, 5.41) is 12.8. The molecule has 9 rings (SSSR count). The summed E-state index contributed by atoms with van der Waals surface area (Å²) in [6.45, 7) is 18.1. The van der Waals surface area contributed by atoms with Crippen LogP contribution in [-0.2, 0) is 27.4 Å². The molecule has 1 aliphatic carbocycles. The highest BCUT2D eigenvalue weighted by Crippen LogP contribution is 2.43. The van der Waals surface area contributed by atoms with Crippen LogP contribution in [0.1, 0.15) is 77.1 Å². The van der Waals surface area contributed by atoms with E-state index in [9.17, 15) is 18.3 Å². The molecule has 12 nitrogen and oxygen atoms in total. The van der Waals surface area contributed by atoms with E-state index in [0.717, 1.165) is 79.1 Å². The highest BCUT2D eigenvalue weighted by molar-refractivity contribution is 7.90. The minimum atomic E-state index is -4.09. The first-order valence-corrected chi connectivity index (χ1v) is 24.0. The molecule has 3 aromatic carbocycles. The number of hydrogen-bond acceptors (Lipinski definition) is 10. The van der Waals surface area contributed by atoms with E-state index in [1.807, 2.05) is 55.5 Å². The van der Waals surface area contributed by atoms with Crippen molar-refractivity contribution in [3.05, 3.63) is 118 Å². The second kappa shape index (κ2) is 16.6. The van der Waals surface area contributed by atoms with Gasteiger partial charge in [0.25, 0.3) is 15.6 Å². The lowest BCUT2D eigenvalue weighted by Gasteiger charge is -2.50. The number of aliphatic hydroxyl groups is 1. The van der Waals surface area contributed by atoms with Crippen molar-refractivity contribution in [3.63, 3.8) is 0 Å². The molecule has 1 N–H and O–H groups in total. The third-order valence-corrected chi connectivity index (χ3v) is 15.4. The maximum Gasteiger partial charge on any atom is 0.275 e. The van der Waals surface area contributed by atoms with Crippen molar-refractivity contribution in [1.29, 1.82) is 0 Å². The van der Waals surface area contributed by atoms with Crippen LogP contribution in [-0.4, -0.2) is 105 Å². The number of rotatable bonds is 11. The van der Waals surface area contributed by atoms with Crippen LogP contribution in [0.3, 0.4) is 0 Å². The molecule has 6 aromatic rings. The molecule has 13 heteroatoms. The van der Waals surface area contributed by atoms with E-state index in [1.165, 1.54) is 10.8 Å². The summed E-state index contributed by atoms with van der Waals surface area (Å²) in [6, 6.07) is 25.1. The van der Waals surface area contributed by atoms with Crippen LogP contribution < -0.4 is 10.5 Å². The molecule has 0 bridgehead atoms. The molecule has 3 aliphatic rings. The van der Waals surface area contributed by atoms with Crippen LogP contribution in [0, 0.1) is 12.8 Å². The van der Waals surface area contributed by atoms with Gasteiger partial charge in [0.05, 0.1) is 28.8 Å². The summed E-state index contributed by atoms with van der Waals surface area (Å²) >= 11 is 0. The van der Waals surface area contributed by atoms with Gasteiger partial charge in [-0.15, -0.1) is 0 Å². The number of aromatic nitrogens is 4. The first kappa shape index (κ1) is 43.3. The lowest BCUT2D eigenvalue weighted by molar-refractivity contribution is -0.0672. The lowest BCUT2D eigenvalue weighted by Crippen LogP contribution is -2.62. The van der Waals surface area contributed by atoms with E-state index in [-0.39, 0.29) is 28.7 Å². The Morgan fingerprint density at radius 3 is 2.24 bits per heavy atom. The molecular weight excluding hydrogens is 811 g/mol. The van der Waals surface area contributed by atoms with Gasteiger partial charge in [-0.25, -0.2) is 22.4 Å². The van der Waals surface area contributed by atoms with E-state index < -0.39 is 21.2 Å². The number of ether oxygens (including phenoxy) is 1. The normalized spacial score (nSPS) is 20.7. The average molecular weight is 872 g/mol. The van der Waals surface area contributed by atoms with Crippen LogP contribution in [0.2, 0.25) is 0 Å². The zero-order chi connectivity index (χ0) is 44.4. The number of pyridine rings is 1. The van der Waals surface area contributed by atoms with E-state index in [4.69, 9.17) is 14.7 Å². The number of anilines is 1. The van der Waals surface area contributed by atoms with Crippen molar-refractivity contribution < 1.29 is 18.3 Å². The Morgan fingerprint density at radius 1 is 0.857 bits per heavy atom. The van der Waals surface area contributed by atoms with Gasteiger partial charge in [-0.1, -0.05) is 54.1 Å². The van der Waals surface area contributed by atoms with Crippen LogP contribution >= 0.6 is 0 Å². The zero-order valence-electron chi connectivity index (χ0n) is 37.7. The van der Waals surface area contributed by atoms with Crippen molar-refractivity contribution in [1.82, 2.24) is 28.3 Å². The molecule has 332 valence electrons. The maximum absolute atomic E-state index is 14.0. The molecule has 63 heavy (non-hydrogen) atoms. The predicted octanol–water partition coefficient (Wildman–Crippen LogP) is 7.32. The van der Waals surface area contributed by atoms with Crippen molar-refractivity contribution in [2.24, 2.45) is 13.0 Å². The van der Waals surface area contributed by atoms with Crippen LogP contribution in [0.4, 0.5) is 5.95 Å². The van der Waals surface area contributed by atoms with E-state index >= 15 is 0 Å². The third-order valence-electron chi connectivity index (χ3n) is 13.7.